The fourth-order valence-electron chi connectivity index (χ4n) is 4.15. The second-order valence-corrected chi connectivity index (χ2v) is 8.64. The van der Waals surface area contributed by atoms with Crippen LogP contribution >= 0.6 is 11.6 Å². The van der Waals surface area contributed by atoms with Crippen LogP contribution in [0.4, 0.5) is 17.4 Å². The van der Waals surface area contributed by atoms with E-state index in [-0.39, 0.29) is 24.2 Å². The maximum absolute atomic E-state index is 12.5. The topological polar surface area (TPSA) is 141 Å². The Morgan fingerprint density at radius 2 is 1.79 bits per heavy atom. The van der Waals surface area contributed by atoms with Gasteiger partial charge in [0.2, 0.25) is 0 Å². The molecule has 0 aliphatic heterocycles. The van der Waals surface area contributed by atoms with E-state index in [1.807, 2.05) is 30.3 Å². The highest BCUT2D eigenvalue weighted by molar-refractivity contribution is 6.31. The van der Waals surface area contributed by atoms with Crippen molar-refractivity contribution >= 4 is 40.9 Å². The van der Waals surface area contributed by atoms with Crippen LogP contribution in [0.5, 0.6) is 0 Å². The summed E-state index contributed by atoms with van der Waals surface area (Å²) in [6, 6.07) is 14.3. The molecule has 3 aromatic rings. The number of amides is 1. The van der Waals surface area contributed by atoms with Crippen molar-refractivity contribution in [1.82, 2.24) is 10.2 Å². The fourth-order valence-corrected chi connectivity index (χ4v) is 4.31. The van der Waals surface area contributed by atoms with Gasteiger partial charge in [-0.05, 0) is 73.4 Å². The molecule has 1 amide bonds. The van der Waals surface area contributed by atoms with Gasteiger partial charge in [-0.25, -0.2) is 0 Å². The Balaban J connectivity index is 1.32. The molecule has 0 bridgehead atoms. The second kappa shape index (κ2) is 10.4. The average molecular weight is 480 g/mol. The maximum atomic E-state index is 12.5. The molecule has 2 aromatic carbocycles. The van der Waals surface area contributed by atoms with Crippen molar-refractivity contribution in [1.29, 1.82) is 5.26 Å². The van der Waals surface area contributed by atoms with Gasteiger partial charge in [0.05, 0.1) is 10.6 Å². The number of benzene rings is 2. The molecule has 9 nitrogen and oxygen atoms in total. The number of carboxylic acid groups (broad SMARTS) is 1. The van der Waals surface area contributed by atoms with Crippen molar-refractivity contribution in [3.05, 3.63) is 64.5 Å². The molecule has 3 N–H and O–H groups in total. The number of hydrogen-bond acceptors (Lipinski definition) is 7. The van der Waals surface area contributed by atoms with Crippen LogP contribution in [-0.4, -0.2) is 27.2 Å². The number of carbonyl (C=O) groups is 2. The van der Waals surface area contributed by atoms with Crippen molar-refractivity contribution in [2.45, 2.75) is 38.0 Å². The normalized spacial score (nSPS) is 17.5. The summed E-state index contributed by atoms with van der Waals surface area (Å²) in [7, 11) is 0. The second-order valence-electron chi connectivity index (χ2n) is 8.24. The number of aromatic nitrogens is 2. The lowest BCUT2D eigenvalue weighted by atomic mass is 9.77. The molecule has 4 rings (SSSR count). The molecule has 1 aliphatic rings. The van der Waals surface area contributed by atoms with Crippen molar-refractivity contribution in [2.75, 3.05) is 10.6 Å². The molecule has 0 radical (unpaired) electrons. The molecule has 1 heterocycles. The first-order valence-electron chi connectivity index (χ1n) is 10.8. The minimum absolute atomic E-state index is 0.00482. The number of halogens is 1. The first-order chi connectivity index (χ1) is 16.4. The van der Waals surface area contributed by atoms with Gasteiger partial charge in [-0.1, -0.05) is 28.8 Å². The molecule has 10 heteroatoms. The van der Waals surface area contributed by atoms with E-state index in [0.717, 1.165) is 25.7 Å². The minimum Gasteiger partial charge on any atom is -0.481 e. The number of rotatable bonds is 7. The summed E-state index contributed by atoms with van der Waals surface area (Å²) in [5.74, 6) is -0.831. The number of hydrogen-bond donors (Lipinski definition) is 3. The van der Waals surface area contributed by atoms with Gasteiger partial charge in [-0.3, -0.25) is 9.59 Å². The summed E-state index contributed by atoms with van der Waals surface area (Å²) in [5.41, 5.74) is 2.58. The zero-order valence-corrected chi connectivity index (χ0v) is 18.9. The number of anilines is 3. The molecule has 174 valence electrons. The fraction of sp³-hybridized carbons (Fsp3) is 0.292. The van der Waals surface area contributed by atoms with E-state index in [9.17, 15) is 9.59 Å². The van der Waals surface area contributed by atoms with Crippen LogP contribution < -0.4 is 10.6 Å². The molecule has 0 unspecified atom stereocenters. The predicted molar refractivity (Wildman–Crippen MR) is 125 cm³/mol. The third-order valence-electron chi connectivity index (χ3n) is 5.91. The summed E-state index contributed by atoms with van der Waals surface area (Å²) in [5, 5.41) is 31.5. The van der Waals surface area contributed by atoms with Crippen LogP contribution in [0.3, 0.4) is 0 Å². The van der Waals surface area contributed by atoms with Crippen LogP contribution in [0, 0.1) is 17.2 Å². The lowest BCUT2D eigenvalue weighted by Crippen LogP contribution is -2.16. The Morgan fingerprint density at radius 1 is 1.09 bits per heavy atom. The number of nitriles is 1. The molecular weight excluding hydrogens is 458 g/mol. The molecular formula is C24H22ClN5O4. The zero-order valence-electron chi connectivity index (χ0n) is 18.1. The minimum atomic E-state index is -0.731. The van der Waals surface area contributed by atoms with E-state index in [0.29, 0.717) is 27.9 Å². The maximum Gasteiger partial charge on any atom is 0.320 e. The highest BCUT2D eigenvalue weighted by atomic mass is 35.5. The SMILES string of the molecule is N#Cc1cc(Nc2nnc(C(=O)Nc3ccc([C@H]4CC[C@H](CC(=O)O)CC4)cc3)o2)ccc1Cl. The molecule has 1 saturated carbocycles. The lowest BCUT2D eigenvalue weighted by Gasteiger charge is -2.28. The van der Waals surface area contributed by atoms with Gasteiger partial charge in [0.1, 0.15) is 6.07 Å². The number of carboxylic acids is 1. The van der Waals surface area contributed by atoms with Crippen LogP contribution in [0.25, 0.3) is 0 Å². The molecule has 0 atom stereocenters. The van der Waals surface area contributed by atoms with Gasteiger partial charge in [-0.15, -0.1) is 5.10 Å². The third-order valence-corrected chi connectivity index (χ3v) is 6.24. The van der Waals surface area contributed by atoms with Gasteiger partial charge in [0.25, 0.3) is 0 Å². The van der Waals surface area contributed by atoms with E-state index in [2.05, 4.69) is 20.8 Å². The Morgan fingerprint density at radius 3 is 2.47 bits per heavy atom. The highest BCUT2D eigenvalue weighted by Gasteiger charge is 2.24. The van der Waals surface area contributed by atoms with Crippen molar-refractivity contribution < 1.29 is 19.1 Å². The Kier molecular flexibility index (Phi) is 7.09. The summed E-state index contributed by atoms with van der Waals surface area (Å²) in [4.78, 5) is 23.4. The lowest BCUT2D eigenvalue weighted by molar-refractivity contribution is -0.138. The van der Waals surface area contributed by atoms with E-state index in [1.54, 1.807) is 12.1 Å². The van der Waals surface area contributed by atoms with Gasteiger partial charge in [0.15, 0.2) is 0 Å². The Hall–Kier alpha value is -3.90. The predicted octanol–water partition coefficient (Wildman–Crippen LogP) is 5.34. The van der Waals surface area contributed by atoms with Crippen LogP contribution in [0.15, 0.2) is 46.9 Å². The molecule has 1 fully saturated rings. The summed E-state index contributed by atoms with van der Waals surface area (Å²) < 4.78 is 5.38. The number of aliphatic carboxylic acids is 1. The molecule has 0 saturated heterocycles. The monoisotopic (exact) mass is 479 g/mol. The zero-order chi connectivity index (χ0) is 24.1. The van der Waals surface area contributed by atoms with Gasteiger partial charge < -0.3 is 20.2 Å². The first kappa shape index (κ1) is 23.3. The first-order valence-corrected chi connectivity index (χ1v) is 11.2. The van der Waals surface area contributed by atoms with Gasteiger partial charge in [0, 0.05) is 17.8 Å². The van der Waals surface area contributed by atoms with Crippen LogP contribution in [0.2, 0.25) is 5.02 Å². The van der Waals surface area contributed by atoms with Crippen molar-refractivity contribution in [3.63, 3.8) is 0 Å². The standard InChI is InChI=1S/C24H22ClN5O4/c25-20-10-9-19(12-17(20)13-26)28-24-30-29-23(34-24)22(33)27-18-7-5-16(6-8-18)15-3-1-14(2-4-15)11-21(31)32/h5-10,12,14-15H,1-4,11H2,(H,27,33)(H,28,30)(H,31,32)/t14-,15-. The van der Waals surface area contributed by atoms with Gasteiger partial charge >= 0.3 is 23.8 Å². The summed E-state index contributed by atoms with van der Waals surface area (Å²) in [6.07, 6.45) is 3.99. The molecule has 1 aromatic heterocycles. The summed E-state index contributed by atoms with van der Waals surface area (Å²) >= 11 is 5.92. The third kappa shape index (κ3) is 5.71. The van der Waals surface area contributed by atoms with Gasteiger partial charge in [-0.2, -0.15) is 5.26 Å². The van der Waals surface area contributed by atoms with Crippen LogP contribution in [0.1, 0.15) is 59.8 Å². The van der Waals surface area contributed by atoms with E-state index in [1.165, 1.54) is 11.6 Å². The largest absolute Gasteiger partial charge is 0.481 e. The number of nitrogens with zero attached hydrogens (tertiary/aromatic N) is 3. The molecule has 0 spiro atoms. The number of nitrogens with one attached hydrogen (secondary N) is 2. The van der Waals surface area contributed by atoms with E-state index < -0.39 is 11.9 Å². The highest BCUT2D eigenvalue weighted by Crippen LogP contribution is 2.37. The molecule has 34 heavy (non-hydrogen) atoms. The Labute approximate surface area is 200 Å². The number of carbonyl (C=O) groups excluding carboxylic acids is 1. The van der Waals surface area contributed by atoms with Crippen molar-refractivity contribution in [3.8, 4) is 6.07 Å². The van der Waals surface area contributed by atoms with E-state index in [4.69, 9.17) is 26.4 Å². The summed E-state index contributed by atoms with van der Waals surface area (Å²) in [6.45, 7) is 0. The van der Waals surface area contributed by atoms with Crippen molar-refractivity contribution in [2.24, 2.45) is 5.92 Å². The van der Waals surface area contributed by atoms with E-state index >= 15 is 0 Å². The van der Waals surface area contributed by atoms with Crippen LogP contribution in [-0.2, 0) is 4.79 Å². The average Bonchev–Trinajstić information content (AvgIpc) is 3.30. The quantitative estimate of drug-likeness (QED) is 0.412. The Bertz CT molecular complexity index is 1230. The molecule has 1 aliphatic carbocycles. The smallest absolute Gasteiger partial charge is 0.320 e.